The Labute approximate surface area is 164 Å². The second kappa shape index (κ2) is 8.35. The second-order valence-corrected chi connectivity index (χ2v) is 6.38. The molecule has 3 aromatic rings. The Morgan fingerprint density at radius 3 is 2.29 bits per heavy atom. The summed E-state index contributed by atoms with van der Waals surface area (Å²) in [6, 6.07) is 18.1. The molecule has 7 heteroatoms. The fourth-order valence-corrected chi connectivity index (χ4v) is 2.59. The molecular formula is C21H15ClF3NO2. The zero-order valence-corrected chi connectivity index (χ0v) is 15.2. The van der Waals surface area contributed by atoms with Gasteiger partial charge in [-0.1, -0.05) is 41.9 Å². The van der Waals surface area contributed by atoms with Crippen LogP contribution in [0.3, 0.4) is 0 Å². The normalized spacial score (nSPS) is 11.1. The average Bonchev–Trinajstić information content (AvgIpc) is 2.67. The molecule has 0 aliphatic rings. The summed E-state index contributed by atoms with van der Waals surface area (Å²) in [7, 11) is 0. The molecule has 0 aromatic heterocycles. The maximum absolute atomic E-state index is 13.1. The monoisotopic (exact) mass is 405 g/mol. The predicted molar refractivity (Wildman–Crippen MR) is 102 cm³/mol. The number of carbonyl (C=O) groups excluding carboxylic acids is 1. The fourth-order valence-electron chi connectivity index (χ4n) is 2.46. The third-order valence-electron chi connectivity index (χ3n) is 3.90. The Kier molecular flexibility index (Phi) is 5.90. The van der Waals surface area contributed by atoms with Crippen LogP contribution in [0.2, 0.25) is 5.02 Å². The number of hydrogen-bond donors (Lipinski definition) is 1. The van der Waals surface area contributed by atoms with Gasteiger partial charge in [-0.15, -0.1) is 0 Å². The minimum absolute atomic E-state index is 0.0642. The van der Waals surface area contributed by atoms with Gasteiger partial charge in [-0.05, 0) is 48.0 Å². The van der Waals surface area contributed by atoms with Crippen LogP contribution in [0, 0.1) is 0 Å². The molecule has 0 aliphatic heterocycles. The molecule has 0 bridgehead atoms. The van der Waals surface area contributed by atoms with E-state index in [0.717, 1.165) is 17.7 Å². The van der Waals surface area contributed by atoms with Crippen LogP contribution in [0.5, 0.6) is 5.75 Å². The zero-order chi connectivity index (χ0) is 20.1. The average molecular weight is 406 g/mol. The van der Waals surface area contributed by atoms with Crippen LogP contribution in [-0.2, 0) is 12.8 Å². The molecule has 0 saturated carbocycles. The summed E-state index contributed by atoms with van der Waals surface area (Å²) in [6.45, 7) is 0.149. The number of benzene rings is 3. The van der Waals surface area contributed by atoms with E-state index in [1.54, 1.807) is 0 Å². The van der Waals surface area contributed by atoms with Gasteiger partial charge in [-0.3, -0.25) is 4.79 Å². The maximum Gasteiger partial charge on any atom is 0.416 e. The van der Waals surface area contributed by atoms with E-state index >= 15 is 0 Å². The van der Waals surface area contributed by atoms with E-state index in [2.05, 4.69) is 5.32 Å². The quantitative estimate of drug-likeness (QED) is 0.549. The molecule has 0 fully saturated rings. The Morgan fingerprint density at radius 2 is 1.64 bits per heavy atom. The summed E-state index contributed by atoms with van der Waals surface area (Å²) in [5.41, 5.74) is 0.157. The molecule has 0 heterocycles. The van der Waals surface area contributed by atoms with E-state index in [0.29, 0.717) is 5.02 Å². The topological polar surface area (TPSA) is 38.3 Å². The van der Waals surface area contributed by atoms with Crippen LogP contribution < -0.4 is 10.1 Å². The van der Waals surface area contributed by atoms with Crippen LogP contribution in [0.4, 0.5) is 18.9 Å². The summed E-state index contributed by atoms with van der Waals surface area (Å²) in [4.78, 5) is 12.4. The third kappa shape index (κ3) is 5.04. The highest BCUT2D eigenvalue weighted by Crippen LogP contribution is 2.35. The summed E-state index contributed by atoms with van der Waals surface area (Å²) in [5.74, 6) is -0.431. The van der Waals surface area contributed by atoms with Gasteiger partial charge in [0, 0.05) is 10.6 Å². The van der Waals surface area contributed by atoms with E-state index in [1.807, 2.05) is 30.3 Å². The minimum Gasteiger partial charge on any atom is -0.487 e. The van der Waals surface area contributed by atoms with Gasteiger partial charge in [0.2, 0.25) is 0 Å². The molecule has 0 unspecified atom stereocenters. The Hall–Kier alpha value is -2.99. The van der Waals surface area contributed by atoms with Gasteiger partial charge in [0.15, 0.2) is 0 Å². The number of nitrogens with one attached hydrogen (secondary N) is 1. The molecule has 1 amide bonds. The summed E-state index contributed by atoms with van der Waals surface area (Å²) >= 11 is 5.80. The van der Waals surface area contributed by atoms with Crippen molar-refractivity contribution in [2.24, 2.45) is 0 Å². The highest BCUT2D eigenvalue weighted by molar-refractivity contribution is 6.30. The van der Waals surface area contributed by atoms with Crippen LogP contribution in [0.25, 0.3) is 0 Å². The lowest BCUT2D eigenvalue weighted by Crippen LogP contribution is -2.14. The van der Waals surface area contributed by atoms with Gasteiger partial charge < -0.3 is 10.1 Å². The van der Waals surface area contributed by atoms with E-state index < -0.39 is 17.6 Å². The molecule has 3 nitrogen and oxygen atoms in total. The standard InChI is InChI=1S/C21H15ClF3NO2/c22-17-9-6-15(7-10-17)20(27)26-18-12-16(21(23,24)25)8-11-19(18)28-13-14-4-2-1-3-5-14/h1-12H,13H2,(H,26,27). The minimum atomic E-state index is -4.54. The lowest BCUT2D eigenvalue weighted by molar-refractivity contribution is -0.137. The molecule has 28 heavy (non-hydrogen) atoms. The van der Waals surface area contributed by atoms with Crippen LogP contribution in [0.1, 0.15) is 21.5 Å². The van der Waals surface area contributed by atoms with Crippen molar-refractivity contribution >= 4 is 23.2 Å². The van der Waals surface area contributed by atoms with Crippen molar-refractivity contribution in [2.75, 3.05) is 5.32 Å². The smallest absolute Gasteiger partial charge is 0.416 e. The first-order chi connectivity index (χ1) is 13.3. The van der Waals surface area contributed by atoms with Crippen molar-refractivity contribution in [1.82, 2.24) is 0 Å². The highest BCUT2D eigenvalue weighted by atomic mass is 35.5. The maximum atomic E-state index is 13.1. The summed E-state index contributed by atoms with van der Waals surface area (Å²) in [5, 5.41) is 2.93. The van der Waals surface area contributed by atoms with E-state index in [9.17, 15) is 18.0 Å². The van der Waals surface area contributed by atoms with Gasteiger partial charge in [-0.2, -0.15) is 13.2 Å². The highest BCUT2D eigenvalue weighted by Gasteiger charge is 2.31. The predicted octanol–water partition coefficient (Wildman–Crippen LogP) is 6.19. The molecule has 3 aromatic carbocycles. The van der Waals surface area contributed by atoms with E-state index in [-0.39, 0.29) is 23.6 Å². The molecule has 0 aliphatic carbocycles. The number of alkyl halides is 3. The first kappa shape index (κ1) is 19.8. The lowest BCUT2D eigenvalue weighted by Gasteiger charge is -2.15. The number of rotatable bonds is 5. The largest absolute Gasteiger partial charge is 0.487 e. The number of amides is 1. The van der Waals surface area contributed by atoms with Gasteiger partial charge in [-0.25, -0.2) is 0 Å². The number of carbonyl (C=O) groups is 1. The van der Waals surface area contributed by atoms with Crippen LogP contribution in [-0.4, -0.2) is 5.91 Å². The SMILES string of the molecule is O=C(Nc1cc(C(F)(F)F)ccc1OCc1ccccc1)c1ccc(Cl)cc1. The number of ether oxygens (including phenoxy) is 1. The summed E-state index contributed by atoms with van der Waals surface area (Å²) in [6.07, 6.45) is -4.54. The van der Waals surface area contributed by atoms with Crippen molar-refractivity contribution < 1.29 is 22.7 Å². The first-order valence-corrected chi connectivity index (χ1v) is 8.65. The van der Waals surface area contributed by atoms with Crippen molar-refractivity contribution in [3.8, 4) is 5.75 Å². The van der Waals surface area contributed by atoms with Gasteiger partial charge in [0.05, 0.1) is 11.3 Å². The lowest BCUT2D eigenvalue weighted by atomic mass is 10.1. The van der Waals surface area contributed by atoms with E-state index in [1.165, 1.54) is 30.3 Å². The van der Waals surface area contributed by atoms with Crippen molar-refractivity contribution in [1.29, 1.82) is 0 Å². The molecular weight excluding hydrogens is 391 g/mol. The second-order valence-electron chi connectivity index (χ2n) is 5.94. The number of hydrogen-bond acceptors (Lipinski definition) is 2. The molecule has 0 saturated heterocycles. The van der Waals surface area contributed by atoms with Crippen LogP contribution >= 0.6 is 11.6 Å². The molecule has 144 valence electrons. The van der Waals surface area contributed by atoms with Gasteiger partial charge >= 0.3 is 6.18 Å². The van der Waals surface area contributed by atoms with Crippen molar-refractivity contribution in [3.63, 3.8) is 0 Å². The number of anilines is 1. The molecule has 0 atom stereocenters. The Morgan fingerprint density at radius 1 is 0.964 bits per heavy atom. The van der Waals surface area contributed by atoms with Gasteiger partial charge in [0.25, 0.3) is 5.91 Å². The van der Waals surface area contributed by atoms with Crippen molar-refractivity contribution in [3.05, 3.63) is 94.5 Å². The first-order valence-electron chi connectivity index (χ1n) is 8.28. The number of halogens is 4. The molecule has 3 rings (SSSR count). The van der Waals surface area contributed by atoms with E-state index in [4.69, 9.17) is 16.3 Å². The third-order valence-corrected chi connectivity index (χ3v) is 4.15. The van der Waals surface area contributed by atoms with Crippen LogP contribution in [0.15, 0.2) is 72.8 Å². The summed E-state index contributed by atoms with van der Waals surface area (Å²) < 4.78 is 44.9. The molecule has 0 radical (unpaired) electrons. The fraction of sp³-hybridized carbons (Fsp3) is 0.0952. The molecule has 1 N–H and O–H groups in total. The van der Waals surface area contributed by atoms with Gasteiger partial charge in [0.1, 0.15) is 12.4 Å². The Bertz CT molecular complexity index is 958. The van der Waals surface area contributed by atoms with Crippen molar-refractivity contribution in [2.45, 2.75) is 12.8 Å². The molecule has 0 spiro atoms. The zero-order valence-electron chi connectivity index (χ0n) is 14.5. The Balaban J connectivity index is 1.86.